The monoisotopic (exact) mass is 286 g/mol. The third kappa shape index (κ3) is 3.06. The molecule has 0 aromatic heterocycles. The lowest BCUT2D eigenvalue weighted by atomic mass is 10.0. The highest BCUT2D eigenvalue weighted by molar-refractivity contribution is 6.66. The van der Waals surface area contributed by atoms with Gasteiger partial charge < -0.3 is 5.11 Å². The number of halogens is 3. The first kappa shape index (κ1) is 12.6. The molecule has 1 N–H and O–H groups in total. The summed E-state index contributed by atoms with van der Waals surface area (Å²) in [6.07, 6.45) is 0. The Balaban J connectivity index is 2.33. The highest BCUT2D eigenvalue weighted by Crippen LogP contribution is 2.38. The Hall–Kier alpha value is -0.890. The van der Waals surface area contributed by atoms with Crippen molar-refractivity contribution < 1.29 is 5.11 Å². The first-order chi connectivity index (χ1) is 7.97. The standard InChI is InChI=1S/C13H9Cl3O/c14-13(15,16)11-5-1-9(2-6-11)10-3-7-12(17)8-4-10/h1-8,17H. The number of aromatic hydroxyl groups is 1. The number of hydrogen-bond donors (Lipinski definition) is 1. The van der Waals surface area contributed by atoms with E-state index >= 15 is 0 Å². The van der Waals surface area contributed by atoms with Crippen molar-refractivity contribution >= 4 is 34.8 Å². The summed E-state index contributed by atoms with van der Waals surface area (Å²) < 4.78 is -1.40. The van der Waals surface area contributed by atoms with E-state index in [2.05, 4.69) is 0 Å². The summed E-state index contributed by atoms with van der Waals surface area (Å²) in [6.45, 7) is 0. The molecule has 0 unspecified atom stereocenters. The van der Waals surface area contributed by atoms with E-state index in [4.69, 9.17) is 34.8 Å². The molecule has 0 aliphatic rings. The van der Waals surface area contributed by atoms with Gasteiger partial charge in [0.1, 0.15) is 5.75 Å². The van der Waals surface area contributed by atoms with Crippen LogP contribution in [0.15, 0.2) is 48.5 Å². The molecule has 1 nitrogen and oxygen atoms in total. The number of phenols is 1. The molecule has 0 bridgehead atoms. The maximum atomic E-state index is 9.20. The minimum atomic E-state index is -1.40. The van der Waals surface area contributed by atoms with Crippen molar-refractivity contribution in [2.24, 2.45) is 0 Å². The molecule has 0 aliphatic heterocycles. The molecule has 0 aliphatic carbocycles. The first-order valence-corrected chi connectivity index (χ1v) is 6.07. The fourth-order valence-electron chi connectivity index (χ4n) is 1.51. The van der Waals surface area contributed by atoms with Crippen LogP contribution in [0.2, 0.25) is 0 Å². The summed E-state index contributed by atoms with van der Waals surface area (Å²) >= 11 is 17.3. The first-order valence-electron chi connectivity index (χ1n) is 4.93. The van der Waals surface area contributed by atoms with Gasteiger partial charge in [-0.05, 0) is 23.3 Å². The third-order valence-electron chi connectivity index (χ3n) is 2.41. The Labute approximate surface area is 115 Å². The molecule has 0 saturated heterocycles. The van der Waals surface area contributed by atoms with E-state index in [-0.39, 0.29) is 5.75 Å². The van der Waals surface area contributed by atoms with E-state index < -0.39 is 3.79 Å². The molecule has 2 aromatic carbocycles. The average molecular weight is 288 g/mol. The van der Waals surface area contributed by atoms with Gasteiger partial charge in [0.15, 0.2) is 0 Å². The minimum Gasteiger partial charge on any atom is -0.508 e. The van der Waals surface area contributed by atoms with Crippen LogP contribution in [0.1, 0.15) is 5.56 Å². The van der Waals surface area contributed by atoms with Gasteiger partial charge >= 0.3 is 0 Å². The van der Waals surface area contributed by atoms with Crippen molar-refractivity contribution in [2.75, 3.05) is 0 Å². The number of hydrogen-bond acceptors (Lipinski definition) is 1. The molecule has 2 rings (SSSR count). The second-order valence-electron chi connectivity index (χ2n) is 3.62. The number of phenolic OH excluding ortho intramolecular Hbond substituents is 1. The lowest BCUT2D eigenvalue weighted by Crippen LogP contribution is -1.98. The van der Waals surface area contributed by atoms with Crippen LogP contribution in [-0.4, -0.2) is 5.11 Å². The van der Waals surface area contributed by atoms with Crippen molar-refractivity contribution in [1.29, 1.82) is 0 Å². The van der Waals surface area contributed by atoms with Crippen LogP contribution in [0.3, 0.4) is 0 Å². The normalized spacial score (nSPS) is 11.5. The van der Waals surface area contributed by atoms with Crippen molar-refractivity contribution in [1.82, 2.24) is 0 Å². The molecule has 0 amide bonds. The Morgan fingerprint density at radius 1 is 0.706 bits per heavy atom. The van der Waals surface area contributed by atoms with E-state index in [0.717, 1.165) is 11.1 Å². The van der Waals surface area contributed by atoms with Crippen LogP contribution in [0.4, 0.5) is 0 Å². The van der Waals surface area contributed by atoms with Gasteiger partial charge in [-0.2, -0.15) is 0 Å². The topological polar surface area (TPSA) is 20.2 Å². The van der Waals surface area contributed by atoms with Crippen molar-refractivity contribution in [2.45, 2.75) is 3.79 Å². The van der Waals surface area contributed by atoms with Gasteiger partial charge in [-0.15, -0.1) is 0 Å². The lowest BCUT2D eigenvalue weighted by molar-refractivity contribution is 0.475. The zero-order valence-corrected chi connectivity index (χ0v) is 11.0. The summed E-state index contributed by atoms with van der Waals surface area (Å²) in [6, 6.07) is 14.2. The van der Waals surface area contributed by atoms with Crippen LogP contribution in [-0.2, 0) is 3.79 Å². The molecule has 17 heavy (non-hydrogen) atoms. The fraction of sp³-hybridized carbons (Fsp3) is 0.0769. The van der Waals surface area contributed by atoms with Crippen LogP contribution in [0.5, 0.6) is 5.75 Å². The van der Waals surface area contributed by atoms with Crippen LogP contribution < -0.4 is 0 Å². The summed E-state index contributed by atoms with van der Waals surface area (Å²) in [4.78, 5) is 0. The molecule has 0 fully saturated rings. The summed E-state index contributed by atoms with van der Waals surface area (Å²) in [5, 5.41) is 9.20. The zero-order valence-electron chi connectivity index (χ0n) is 8.70. The smallest absolute Gasteiger partial charge is 0.216 e. The largest absolute Gasteiger partial charge is 0.508 e. The van der Waals surface area contributed by atoms with Crippen LogP contribution >= 0.6 is 34.8 Å². The second-order valence-corrected chi connectivity index (χ2v) is 5.90. The molecule has 0 heterocycles. The zero-order chi connectivity index (χ0) is 12.5. The highest BCUT2D eigenvalue weighted by atomic mass is 35.6. The number of benzene rings is 2. The van der Waals surface area contributed by atoms with E-state index in [0.29, 0.717) is 5.56 Å². The van der Waals surface area contributed by atoms with E-state index in [1.165, 1.54) is 0 Å². The molecule has 4 heteroatoms. The maximum absolute atomic E-state index is 9.20. The SMILES string of the molecule is Oc1ccc(-c2ccc(C(Cl)(Cl)Cl)cc2)cc1. The molecule has 0 atom stereocenters. The predicted molar refractivity (Wildman–Crippen MR) is 72.8 cm³/mol. The second kappa shape index (κ2) is 4.77. The Morgan fingerprint density at radius 2 is 1.12 bits per heavy atom. The van der Waals surface area contributed by atoms with Gasteiger partial charge in [0.05, 0.1) is 0 Å². The van der Waals surface area contributed by atoms with E-state index in [1.54, 1.807) is 24.3 Å². The van der Waals surface area contributed by atoms with Gasteiger partial charge in [-0.25, -0.2) is 0 Å². The summed E-state index contributed by atoms with van der Waals surface area (Å²) in [5.74, 6) is 0.242. The average Bonchev–Trinajstić information content (AvgIpc) is 2.29. The molecule has 0 saturated carbocycles. The fourth-order valence-corrected chi connectivity index (χ4v) is 1.88. The number of rotatable bonds is 1. The van der Waals surface area contributed by atoms with Crippen molar-refractivity contribution in [3.8, 4) is 16.9 Å². The van der Waals surface area contributed by atoms with E-state index in [9.17, 15) is 5.11 Å². The van der Waals surface area contributed by atoms with Crippen LogP contribution in [0.25, 0.3) is 11.1 Å². The van der Waals surface area contributed by atoms with Crippen LogP contribution in [0, 0.1) is 0 Å². The predicted octanol–water partition coefficient (Wildman–Crippen LogP) is 4.89. The van der Waals surface area contributed by atoms with Gasteiger partial charge in [-0.1, -0.05) is 71.2 Å². The number of alkyl halides is 3. The highest BCUT2D eigenvalue weighted by Gasteiger charge is 2.22. The van der Waals surface area contributed by atoms with Gasteiger partial charge in [0.25, 0.3) is 0 Å². The Kier molecular flexibility index (Phi) is 3.53. The third-order valence-corrected chi connectivity index (χ3v) is 3.07. The maximum Gasteiger partial charge on any atom is 0.216 e. The van der Waals surface area contributed by atoms with E-state index in [1.807, 2.05) is 24.3 Å². The summed E-state index contributed by atoms with van der Waals surface area (Å²) in [7, 11) is 0. The molecule has 0 spiro atoms. The Bertz CT molecular complexity index is 498. The molecular weight excluding hydrogens is 279 g/mol. The molecule has 0 radical (unpaired) electrons. The van der Waals surface area contributed by atoms with Crippen molar-refractivity contribution in [3.05, 3.63) is 54.1 Å². The van der Waals surface area contributed by atoms with Gasteiger partial charge in [0.2, 0.25) is 3.79 Å². The summed E-state index contributed by atoms with van der Waals surface area (Å²) in [5.41, 5.74) is 2.63. The molecule has 2 aromatic rings. The quantitative estimate of drug-likeness (QED) is 0.741. The van der Waals surface area contributed by atoms with Gasteiger partial charge in [-0.3, -0.25) is 0 Å². The lowest BCUT2D eigenvalue weighted by Gasteiger charge is -2.11. The van der Waals surface area contributed by atoms with Crippen molar-refractivity contribution in [3.63, 3.8) is 0 Å². The van der Waals surface area contributed by atoms with Gasteiger partial charge in [0, 0.05) is 5.56 Å². The Morgan fingerprint density at radius 3 is 1.53 bits per heavy atom. The minimum absolute atomic E-state index is 0.242. The molecular formula is C13H9Cl3O. The molecule has 88 valence electrons.